The van der Waals surface area contributed by atoms with Gasteiger partial charge in [0.2, 0.25) is 0 Å². The van der Waals surface area contributed by atoms with E-state index < -0.39 is 0 Å². The van der Waals surface area contributed by atoms with Crippen LogP contribution in [0.4, 0.5) is 0 Å². The summed E-state index contributed by atoms with van der Waals surface area (Å²) in [6.45, 7) is 6.88. The summed E-state index contributed by atoms with van der Waals surface area (Å²) in [7, 11) is 6.46. The summed E-state index contributed by atoms with van der Waals surface area (Å²) >= 11 is 0. The Bertz CT molecular complexity index is 160. The average Bonchev–Trinajstić information content (AvgIpc) is 2.28. The van der Waals surface area contributed by atoms with Gasteiger partial charge in [-0.1, -0.05) is 0 Å². The lowest BCUT2D eigenvalue weighted by Gasteiger charge is -2.22. The highest BCUT2D eigenvalue weighted by molar-refractivity contribution is 4.86. The number of hydrogen-bond donors (Lipinski definition) is 1. The van der Waals surface area contributed by atoms with Crippen LogP contribution in [0.2, 0.25) is 0 Å². The maximum atomic E-state index is 3.69. The van der Waals surface area contributed by atoms with Crippen LogP contribution in [0.15, 0.2) is 0 Å². The smallest absolute Gasteiger partial charge is 0.0212 e. The Labute approximate surface area is 88.5 Å². The summed E-state index contributed by atoms with van der Waals surface area (Å²) in [5, 5.41) is 3.69. The summed E-state index contributed by atoms with van der Waals surface area (Å²) in [4.78, 5) is 4.67. The Morgan fingerprint density at radius 1 is 1.50 bits per heavy atom. The molecule has 0 aromatic heterocycles. The van der Waals surface area contributed by atoms with E-state index in [2.05, 4.69) is 50.1 Å². The molecule has 0 bridgehead atoms. The second-order valence-corrected chi connectivity index (χ2v) is 5.05. The highest BCUT2D eigenvalue weighted by Gasteiger charge is 2.26. The molecular weight excluding hydrogens is 174 g/mol. The molecule has 1 aliphatic heterocycles. The van der Waals surface area contributed by atoms with Crippen molar-refractivity contribution in [1.29, 1.82) is 0 Å². The van der Waals surface area contributed by atoms with Gasteiger partial charge in [-0.2, -0.15) is 0 Å². The number of hydrogen-bond acceptors (Lipinski definition) is 3. The van der Waals surface area contributed by atoms with Crippen molar-refractivity contribution in [2.75, 3.05) is 34.2 Å². The van der Waals surface area contributed by atoms with Gasteiger partial charge in [-0.05, 0) is 41.4 Å². The molecule has 3 atom stereocenters. The third kappa shape index (κ3) is 3.56. The highest BCUT2D eigenvalue weighted by atomic mass is 15.2. The monoisotopic (exact) mass is 199 g/mol. The highest BCUT2D eigenvalue weighted by Crippen LogP contribution is 2.15. The largest absolute Gasteiger partial charge is 0.309 e. The molecule has 84 valence electrons. The second kappa shape index (κ2) is 5.10. The lowest BCUT2D eigenvalue weighted by Crippen LogP contribution is -2.43. The van der Waals surface area contributed by atoms with E-state index in [1.165, 1.54) is 13.0 Å². The first-order valence-corrected chi connectivity index (χ1v) is 5.60. The zero-order chi connectivity index (χ0) is 10.7. The standard InChI is InChI=1S/C11H25N3/c1-9(7-13(3)4)12-11-6-10(2)14(5)8-11/h9-12H,6-8H2,1-5H3. The van der Waals surface area contributed by atoms with E-state index in [-0.39, 0.29) is 0 Å². The third-order valence-electron chi connectivity index (χ3n) is 3.05. The van der Waals surface area contributed by atoms with E-state index in [4.69, 9.17) is 0 Å². The lowest BCUT2D eigenvalue weighted by molar-refractivity contribution is 0.312. The average molecular weight is 199 g/mol. The second-order valence-electron chi connectivity index (χ2n) is 5.05. The molecule has 14 heavy (non-hydrogen) atoms. The Kier molecular flexibility index (Phi) is 4.35. The van der Waals surface area contributed by atoms with Gasteiger partial charge in [0.25, 0.3) is 0 Å². The minimum atomic E-state index is 0.591. The molecule has 1 N–H and O–H groups in total. The van der Waals surface area contributed by atoms with Gasteiger partial charge in [-0.15, -0.1) is 0 Å². The van der Waals surface area contributed by atoms with Crippen molar-refractivity contribution in [3.05, 3.63) is 0 Å². The Hall–Kier alpha value is -0.120. The van der Waals surface area contributed by atoms with Crippen LogP contribution < -0.4 is 5.32 Å². The van der Waals surface area contributed by atoms with Crippen LogP contribution in [0.25, 0.3) is 0 Å². The molecule has 3 nitrogen and oxygen atoms in total. The van der Waals surface area contributed by atoms with Crippen LogP contribution in [0.3, 0.4) is 0 Å². The van der Waals surface area contributed by atoms with Gasteiger partial charge in [0.15, 0.2) is 0 Å². The summed E-state index contributed by atoms with van der Waals surface area (Å²) in [5.74, 6) is 0. The molecule has 0 saturated carbocycles. The fourth-order valence-corrected chi connectivity index (χ4v) is 2.32. The predicted molar refractivity (Wildman–Crippen MR) is 61.6 cm³/mol. The van der Waals surface area contributed by atoms with Crippen molar-refractivity contribution < 1.29 is 0 Å². The number of nitrogens with zero attached hydrogens (tertiary/aromatic N) is 2. The number of likely N-dealkylation sites (N-methyl/N-ethyl adjacent to an activating group) is 2. The molecule has 0 aromatic carbocycles. The van der Waals surface area contributed by atoms with Crippen LogP contribution in [0.1, 0.15) is 20.3 Å². The van der Waals surface area contributed by atoms with Crippen molar-refractivity contribution in [3.8, 4) is 0 Å². The molecule has 0 aliphatic carbocycles. The first-order chi connectivity index (χ1) is 6.49. The first-order valence-electron chi connectivity index (χ1n) is 5.60. The first kappa shape index (κ1) is 12.0. The minimum Gasteiger partial charge on any atom is -0.309 e. The van der Waals surface area contributed by atoms with Gasteiger partial charge < -0.3 is 15.1 Å². The number of nitrogens with one attached hydrogen (secondary N) is 1. The summed E-state index contributed by atoms with van der Waals surface area (Å²) in [5.41, 5.74) is 0. The lowest BCUT2D eigenvalue weighted by atomic mass is 10.1. The number of likely N-dealkylation sites (tertiary alicyclic amines) is 1. The van der Waals surface area contributed by atoms with Crippen molar-refractivity contribution in [1.82, 2.24) is 15.1 Å². The summed E-state index contributed by atoms with van der Waals surface area (Å²) < 4.78 is 0. The predicted octanol–water partition coefficient (Wildman–Crippen LogP) is 0.619. The van der Waals surface area contributed by atoms with Gasteiger partial charge in [0.1, 0.15) is 0 Å². The maximum absolute atomic E-state index is 3.69. The van der Waals surface area contributed by atoms with Gasteiger partial charge in [0, 0.05) is 31.2 Å². The van der Waals surface area contributed by atoms with Crippen molar-refractivity contribution >= 4 is 0 Å². The molecular formula is C11H25N3. The van der Waals surface area contributed by atoms with Crippen LogP contribution in [-0.4, -0.2) is 62.2 Å². The molecule has 1 rings (SSSR count). The molecule has 0 aromatic rings. The molecule has 0 radical (unpaired) electrons. The molecule has 1 fully saturated rings. The molecule has 1 saturated heterocycles. The van der Waals surface area contributed by atoms with Crippen LogP contribution >= 0.6 is 0 Å². The topological polar surface area (TPSA) is 18.5 Å². The SMILES string of the molecule is CC(CN(C)C)NC1CC(C)N(C)C1. The van der Waals surface area contributed by atoms with E-state index in [1.54, 1.807) is 0 Å². The number of rotatable bonds is 4. The van der Waals surface area contributed by atoms with Gasteiger partial charge >= 0.3 is 0 Å². The van der Waals surface area contributed by atoms with E-state index in [0.717, 1.165) is 12.6 Å². The van der Waals surface area contributed by atoms with Gasteiger partial charge in [0.05, 0.1) is 0 Å². The zero-order valence-corrected chi connectivity index (χ0v) is 10.2. The van der Waals surface area contributed by atoms with E-state index in [0.29, 0.717) is 12.1 Å². The molecule has 1 heterocycles. The Balaban J connectivity index is 2.25. The van der Waals surface area contributed by atoms with Crippen molar-refractivity contribution in [3.63, 3.8) is 0 Å². The fraction of sp³-hybridized carbons (Fsp3) is 1.00. The Morgan fingerprint density at radius 2 is 2.14 bits per heavy atom. The zero-order valence-electron chi connectivity index (χ0n) is 10.2. The van der Waals surface area contributed by atoms with Gasteiger partial charge in [-0.3, -0.25) is 0 Å². The van der Waals surface area contributed by atoms with E-state index >= 15 is 0 Å². The normalized spacial score (nSPS) is 31.3. The summed E-state index contributed by atoms with van der Waals surface area (Å²) in [6, 6.07) is 2.01. The molecule has 0 spiro atoms. The summed E-state index contributed by atoms with van der Waals surface area (Å²) in [6.07, 6.45) is 1.29. The van der Waals surface area contributed by atoms with Gasteiger partial charge in [-0.25, -0.2) is 0 Å². The minimum absolute atomic E-state index is 0.591. The van der Waals surface area contributed by atoms with Crippen LogP contribution in [-0.2, 0) is 0 Å². The van der Waals surface area contributed by atoms with Crippen LogP contribution in [0.5, 0.6) is 0 Å². The third-order valence-corrected chi connectivity index (χ3v) is 3.05. The molecule has 1 aliphatic rings. The van der Waals surface area contributed by atoms with E-state index in [1.807, 2.05) is 0 Å². The van der Waals surface area contributed by atoms with E-state index in [9.17, 15) is 0 Å². The Morgan fingerprint density at radius 3 is 2.57 bits per heavy atom. The fourth-order valence-electron chi connectivity index (χ4n) is 2.32. The molecule has 0 amide bonds. The van der Waals surface area contributed by atoms with Crippen LogP contribution in [0, 0.1) is 0 Å². The quantitative estimate of drug-likeness (QED) is 0.716. The molecule has 3 unspecified atom stereocenters. The van der Waals surface area contributed by atoms with Crippen molar-refractivity contribution in [2.24, 2.45) is 0 Å². The van der Waals surface area contributed by atoms with Crippen molar-refractivity contribution in [2.45, 2.75) is 38.4 Å². The maximum Gasteiger partial charge on any atom is 0.0212 e. The molecule has 3 heteroatoms.